The summed E-state index contributed by atoms with van der Waals surface area (Å²) in [4.78, 5) is 25.5. The Morgan fingerprint density at radius 3 is 2.89 bits per heavy atom. The van der Waals surface area contributed by atoms with Gasteiger partial charge in [0, 0.05) is 12.6 Å². The first-order valence-corrected chi connectivity index (χ1v) is 12.5. The van der Waals surface area contributed by atoms with Crippen molar-refractivity contribution in [3.05, 3.63) is 22.7 Å². The Bertz CT molecular complexity index is 755. The fraction of sp³-hybridized carbons (Fsp3) is 0.714. The maximum Gasteiger partial charge on any atom is 0.351 e. The predicted octanol–water partition coefficient (Wildman–Crippen LogP) is 0.858. The fourth-order valence-electron chi connectivity index (χ4n) is 2.39. The highest BCUT2D eigenvalue weighted by molar-refractivity contribution is 8.77. The average molecular weight is 450 g/mol. The molecule has 2 rings (SSSR count). The van der Waals surface area contributed by atoms with Gasteiger partial charge in [0.15, 0.2) is 0 Å². The van der Waals surface area contributed by atoms with E-state index in [2.05, 4.69) is 4.98 Å². The molecule has 5 N–H and O–H groups in total. The van der Waals surface area contributed by atoms with Crippen molar-refractivity contribution in [2.75, 3.05) is 18.3 Å². The van der Waals surface area contributed by atoms with Crippen LogP contribution in [0.1, 0.15) is 26.5 Å². The highest BCUT2D eigenvalue weighted by atomic mass is 33.1. The molecule has 14 heteroatoms. The molecule has 1 aromatic rings. The van der Waals surface area contributed by atoms with Gasteiger partial charge >= 0.3 is 13.3 Å². The Kier molecular flexibility index (Phi) is 8.90. The van der Waals surface area contributed by atoms with E-state index < -0.39 is 37.5 Å². The molecule has 0 amide bonds. The lowest BCUT2D eigenvalue weighted by atomic mass is 10.1. The number of hydrogen-bond donors (Lipinski definition) is 3. The number of nitrogens with two attached hydrogens (primary N) is 2. The normalized spacial score (nSPS) is 26.6. The molecule has 2 radical (unpaired) electrons. The zero-order valence-electron chi connectivity index (χ0n) is 15.5. The molecule has 1 saturated heterocycles. The van der Waals surface area contributed by atoms with Gasteiger partial charge in [-0.2, -0.15) is 4.98 Å². The second-order valence-electron chi connectivity index (χ2n) is 6.25. The summed E-state index contributed by atoms with van der Waals surface area (Å²) in [6, 6.07) is 1.48. The van der Waals surface area contributed by atoms with Gasteiger partial charge in [-0.25, -0.2) is 4.79 Å². The topological polar surface area (TPSA) is 152 Å². The van der Waals surface area contributed by atoms with Crippen LogP contribution in [0.3, 0.4) is 0 Å². The fourth-order valence-corrected chi connectivity index (χ4v) is 4.46. The molecule has 1 fully saturated rings. The third kappa shape index (κ3) is 6.77. The molecule has 1 aromatic heterocycles. The third-order valence-corrected chi connectivity index (χ3v) is 7.66. The van der Waals surface area contributed by atoms with E-state index in [4.69, 9.17) is 33.3 Å². The summed E-state index contributed by atoms with van der Waals surface area (Å²) in [6.45, 7) is 3.03. The van der Waals surface area contributed by atoms with E-state index in [1.54, 1.807) is 0 Å². The summed E-state index contributed by atoms with van der Waals surface area (Å²) in [6.07, 6.45) is 0.00321. The van der Waals surface area contributed by atoms with Crippen LogP contribution in [0.2, 0.25) is 0 Å². The van der Waals surface area contributed by atoms with Crippen molar-refractivity contribution in [1.29, 1.82) is 0 Å². The maximum atomic E-state index is 12.1. The lowest BCUT2D eigenvalue weighted by Gasteiger charge is -2.22. The van der Waals surface area contributed by atoms with Gasteiger partial charge in [-0.1, -0.05) is 28.5 Å². The number of nitrogens with zero attached hydrogens (tertiary/aromatic N) is 2. The Hall–Kier alpha value is -0.525. The standard InChI is InChI=1S/C14H24BN4O6PS2/c1-8(15)28-27-7-23-10-5-13(19-4-3-12(17)18-14(19)20)25-11(10)6-24-26(21,22)9(2)16/h3-4,8-11,13H,5-7,16H2,1-2H3,(H,21,22)(H2,17,18,20)/t8?,9?,10-,11?,13-/m1/s1. The van der Waals surface area contributed by atoms with Gasteiger partial charge < -0.3 is 30.4 Å². The SMILES string of the molecule is [B]C(C)SSCO[C@@H]1C[C@H](n2ccc(N)nc2=O)OC1COP(=O)(O)C(C)N. The lowest BCUT2D eigenvalue weighted by Crippen LogP contribution is -2.30. The number of rotatable bonds is 10. The summed E-state index contributed by atoms with van der Waals surface area (Å²) in [5.74, 6) is -0.608. The minimum Gasteiger partial charge on any atom is -0.383 e. The van der Waals surface area contributed by atoms with Crippen LogP contribution in [0.25, 0.3) is 0 Å². The maximum absolute atomic E-state index is 12.1. The molecule has 1 aliphatic heterocycles. The van der Waals surface area contributed by atoms with Gasteiger partial charge in [-0.05, 0) is 18.1 Å². The number of nitrogen functional groups attached to an aromatic ring is 1. The molecule has 0 saturated carbocycles. The minimum absolute atomic E-state index is 0.0500. The Morgan fingerprint density at radius 2 is 2.29 bits per heavy atom. The van der Waals surface area contributed by atoms with Crippen LogP contribution in [0, 0.1) is 0 Å². The molecule has 0 bridgehead atoms. The molecular weight excluding hydrogens is 426 g/mol. The first kappa shape index (κ1) is 23.8. The quantitative estimate of drug-likeness (QED) is 0.153. The van der Waals surface area contributed by atoms with Crippen molar-refractivity contribution in [2.24, 2.45) is 5.73 Å². The smallest absolute Gasteiger partial charge is 0.351 e. The van der Waals surface area contributed by atoms with Crippen molar-refractivity contribution in [1.82, 2.24) is 9.55 Å². The average Bonchev–Trinajstić information content (AvgIpc) is 2.99. The second-order valence-corrected chi connectivity index (χ2v) is 11.1. The van der Waals surface area contributed by atoms with Crippen molar-refractivity contribution >= 4 is 42.8 Å². The Balaban J connectivity index is 2.06. The zero-order chi connectivity index (χ0) is 20.9. The molecule has 0 aliphatic carbocycles. The van der Waals surface area contributed by atoms with Gasteiger partial charge in [-0.15, -0.1) is 0 Å². The summed E-state index contributed by atoms with van der Waals surface area (Å²) in [7, 11) is 4.59. The first-order chi connectivity index (χ1) is 13.1. The molecular formula is C14H24BN4O6PS2. The van der Waals surface area contributed by atoms with Crippen LogP contribution >= 0.6 is 29.2 Å². The third-order valence-electron chi connectivity index (χ3n) is 3.83. The van der Waals surface area contributed by atoms with Gasteiger partial charge in [0.05, 0.1) is 20.6 Å². The van der Waals surface area contributed by atoms with Crippen LogP contribution < -0.4 is 17.2 Å². The van der Waals surface area contributed by atoms with Crippen molar-refractivity contribution < 1.29 is 23.5 Å². The van der Waals surface area contributed by atoms with Crippen molar-refractivity contribution in [3.63, 3.8) is 0 Å². The molecule has 28 heavy (non-hydrogen) atoms. The molecule has 4 unspecified atom stereocenters. The highest BCUT2D eigenvalue weighted by Gasteiger charge is 2.39. The number of anilines is 1. The molecule has 156 valence electrons. The van der Waals surface area contributed by atoms with Crippen LogP contribution in [0.15, 0.2) is 17.1 Å². The van der Waals surface area contributed by atoms with E-state index >= 15 is 0 Å². The summed E-state index contributed by atoms with van der Waals surface area (Å²) >= 11 is 0. The monoisotopic (exact) mass is 450 g/mol. The number of hydrogen-bond acceptors (Lipinski definition) is 10. The van der Waals surface area contributed by atoms with Crippen LogP contribution in [0.5, 0.6) is 0 Å². The molecule has 1 aliphatic rings. The van der Waals surface area contributed by atoms with E-state index in [0.29, 0.717) is 12.4 Å². The minimum atomic E-state index is -3.98. The molecule has 0 aromatic carbocycles. The van der Waals surface area contributed by atoms with E-state index in [9.17, 15) is 14.3 Å². The Labute approximate surface area is 172 Å². The van der Waals surface area contributed by atoms with Crippen molar-refractivity contribution in [3.8, 4) is 0 Å². The summed E-state index contributed by atoms with van der Waals surface area (Å²) in [5.41, 5.74) is 10.4. The summed E-state index contributed by atoms with van der Waals surface area (Å²) < 4.78 is 30.0. The van der Waals surface area contributed by atoms with E-state index in [1.807, 2.05) is 6.92 Å². The molecule has 10 nitrogen and oxygen atoms in total. The summed E-state index contributed by atoms with van der Waals surface area (Å²) in [5, 5.41) is -0.0500. The number of ether oxygens (including phenoxy) is 2. The van der Waals surface area contributed by atoms with Crippen molar-refractivity contribution in [2.45, 2.75) is 49.6 Å². The van der Waals surface area contributed by atoms with Gasteiger partial charge in [0.25, 0.3) is 0 Å². The number of aromatic nitrogens is 2. The van der Waals surface area contributed by atoms with E-state index in [1.165, 1.54) is 45.3 Å². The van der Waals surface area contributed by atoms with Crippen LogP contribution in [-0.4, -0.2) is 58.0 Å². The predicted molar refractivity (Wildman–Crippen MR) is 111 cm³/mol. The molecule has 2 heterocycles. The zero-order valence-corrected chi connectivity index (χ0v) is 18.1. The molecule has 6 atom stereocenters. The highest BCUT2D eigenvalue weighted by Crippen LogP contribution is 2.46. The second kappa shape index (κ2) is 10.5. The lowest BCUT2D eigenvalue weighted by molar-refractivity contribution is -0.0521. The van der Waals surface area contributed by atoms with Crippen LogP contribution in [0.4, 0.5) is 5.82 Å². The largest absolute Gasteiger partial charge is 0.383 e. The Morgan fingerprint density at radius 1 is 1.57 bits per heavy atom. The van der Waals surface area contributed by atoms with Crippen LogP contribution in [-0.2, 0) is 18.6 Å². The first-order valence-electron chi connectivity index (χ1n) is 8.48. The van der Waals surface area contributed by atoms with E-state index in [0.717, 1.165) is 0 Å². The van der Waals surface area contributed by atoms with E-state index in [-0.39, 0.29) is 17.6 Å². The van der Waals surface area contributed by atoms with Gasteiger partial charge in [-0.3, -0.25) is 9.13 Å². The molecule has 0 spiro atoms. The van der Waals surface area contributed by atoms with Gasteiger partial charge in [0.1, 0.15) is 29.9 Å². The van der Waals surface area contributed by atoms with Gasteiger partial charge in [0.2, 0.25) is 0 Å².